The topological polar surface area (TPSA) is 21.3 Å². The first-order valence-corrected chi connectivity index (χ1v) is 6.20. The minimum atomic E-state index is 0.818. The molecule has 0 spiro atoms. The molecule has 1 fully saturated rings. The van der Waals surface area contributed by atoms with Crippen molar-refractivity contribution in [2.45, 2.75) is 19.3 Å². The van der Waals surface area contributed by atoms with Crippen molar-refractivity contribution in [2.75, 3.05) is 20.2 Å². The van der Waals surface area contributed by atoms with Crippen LogP contribution >= 0.6 is 11.6 Å². The molecule has 1 saturated heterocycles. The van der Waals surface area contributed by atoms with Gasteiger partial charge in [-0.1, -0.05) is 17.7 Å². The Morgan fingerprint density at radius 2 is 2.38 bits per heavy atom. The third-order valence-electron chi connectivity index (χ3n) is 3.24. The molecular formula is C13H18ClNO. The number of benzene rings is 1. The van der Waals surface area contributed by atoms with Crippen LogP contribution in [0.4, 0.5) is 0 Å². The summed E-state index contributed by atoms with van der Waals surface area (Å²) in [4.78, 5) is 0. The van der Waals surface area contributed by atoms with Crippen molar-refractivity contribution in [1.82, 2.24) is 5.32 Å². The van der Waals surface area contributed by atoms with E-state index in [1.54, 1.807) is 7.11 Å². The van der Waals surface area contributed by atoms with Crippen LogP contribution in [0.1, 0.15) is 18.4 Å². The highest BCUT2D eigenvalue weighted by atomic mass is 35.5. The summed E-state index contributed by atoms with van der Waals surface area (Å²) < 4.78 is 5.13. The molecule has 0 bridgehead atoms. The summed E-state index contributed by atoms with van der Waals surface area (Å²) in [5, 5.41) is 4.21. The number of ether oxygens (including phenoxy) is 1. The molecule has 0 aromatic heterocycles. The maximum atomic E-state index is 6.20. The molecule has 1 aliphatic heterocycles. The Kier molecular flexibility index (Phi) is 4.08. The molecule has 1 atom stereocenters. The average molecular weight is 240 g/mol. The number of hydrogen-bond donors (Lipinski definition) is 1. The molecule has 0 amide bonds. The SMILES string of the molecule is COc1ccc(CCC2CCNC2)c(Cl)c1. The Hall–Kier alpha value is -0.730. The summed E-state index contributed by atoms with van der Waals surface area (Å²) in [6.07, 6.45) is 3.59. The zero-order valence-corrected chi connectivity index (χ0v) is 10.4. The molecule has 1 heterocycles. The Labute approximate surface area is 102 Å². The lowest BCUT2D eigenvalue weighted by Gasteiger charge is -2.10. The fourth-order valence-electron chi connectivity index (χ4n) is 2.18. The van der Waals surface area contributed by atoms with E-state index in [9.17, 15) is 0 Å². The van der Waals surface area contributed by atoms with Crippen LogP contribution in [-0.4, -0.2) is 20.2 Å². The van der Waals surface area contributed by atoms with E-state index in [0.717, 1.165) is 29.7 Å². The highest BCUT2D eigenvalue weighted by Gasteiger charge is 2.14. The van der Waals surface area contributed by atoms with Crippen LogP contribution in [-0.2, 0) is 6.42 Å². The fraction of sp³-hybridized carbons (Fsp3) is 0.538. The molecule has 16 heavy (non-hydrogen) atoms. The summed E-state index contributed by atoms with van der Waals surface area (Å²) in [7, 11) is 1.66. The van der Waals surface area contributed by atoms with Gasteiger partial charge in [0.2, 0.25) is 0 Å². The maximum absolute atomic E-state index is 6.20. The Bertz CT molecular complexity index is 348. The van der Waals surface area contributed by atoms with Gasteiger partial charge in [0.05, 0.1) is 7.11 Å². The predicted molar refractivity (Wildman–Crippen MR) is 67.3 cm³/mol. The van der Waals surface area contributed by atoms with Gasteiger partial charge < -0.3 is 10.1 Å². The number of methoxy groups -OCH3 is 1. The molecule has 0 saturated carbocycles. The molecule has 1 unspecified atom stereocenters. The van der Waals surface area contributed by atoms with Gasteiger partial charge in [-0.25, -0.2) is 0 Å². The molecule has 2 rings (SSSR count). The normalized spacial score (nSPS) is 20.0. The molecule has 88 valence electrons. The number of halogens is 1. The van der Waals surface area contributed by atoms with Crippen molar-refractivity contribution in [2.24, 2.45) is 5.92 Å². The highest BCUT2D eigenvalue weighted by Crippen LogP contribution is 2.25. The van der Waals surface area contributed by atoms with Gasteiger partial charge in [-0.05, 0) is 56.0 Å². The van der Waals surface area contributed by atoms with E-state index >= 15 is 0 Å². The molecule has 0 aliphatic carbocycles. The molecule has 3 heteroatoms. The van der Waals surface area contributed by atoms with Gasteiger partial charge >= 0.3 is 0 Å². The standard InChI is InChI=1S/C13H18ClNO/c1-16-12-5-4-11(13(14)8-12)3-2-10-6-7-15-9-10/h4-5,8,10,15H,2-3,6-7,9H2,1H3. The molecule has 1 N–H and O–H groups in total. The molecular weight excluding hydrogens is 222 g/mol. The number of nitrogens with one attached hydrogen (secondary N) is 1. The van der Waals surface area contributed by atoms with Gasteiger partial charge in [-0.15, -0.1) is 0 Å². The summed E-state index contributed by atoms with van der Waals surface area (Å²) in [6, 6.07) is 5.95. The van der Waals surface area contributed by atoms with Crippen LogP contribution in [0.25, 0.3) is 0 Å². The Morgan fingerprint density at radius 1 is 1.50 bits per heavy atom. The Morgan fingerprint density at radius 3 is 3.00 bits per heavy atom. The second-order valence-electron chi connectivity index (χ2n) is 4.35. The second kappa shape index (κ2) is 5.55. The zero-order chi connectivity index (χ0) is 11.4. The lowest BCUT2D eigenvalue weighted by atomic mass is 9.99. The van der Waals surface area contributed by atoms with E-state index < -0.39 is 0 Å². The molecule has 1 aromatic carbocycles. The van der Waals surface area contributed by atoms with Gasteiger partial charge in [0.1, 0.15) is 5.75 Å². The molecule has 1 aliphatic rings. The van der Waals surface area contributed by atoms with Crippen molar-refractivity contribution in [3.05, 3.63) is 28.8 Å². The third kappa shape index (κ3) is 2.89. The van der Waals surface area contributed by atoms with Gasteiger partial charge in [-0.2, -0.15) is 0 Å². The first-order valence-electron chi connectivity index (χ1n) is 5.82. The van der Waals surface area contributed by atoms with Crippen LogP contribution in [0.15, 0.2) is 18.2 Å². The average Bonchev–Trinajstić information content (AvgIpc) is 2.80. The minimum Gasteiger partial charge on any atom is -0.497 e. The van der Waals surface area contributed by atoms with E-state index in [0.29, 0.717) is 0 Å². The van der Waals surface area contributed by atoms with E-state index in [4.69, 9.17) is 16.3 Å². The predicted octanol–water partition coefficient (Wildman–Crippen LogP) is 2.89. The first-order chi connectivity index (χ1) is 7.79. The lowest BCUT2D eigenvalue weighted by Crippen LogP contribution is -2.09. The number of aryl methyl sites for hydroxylation is 1. The van der Waals surface area contributed by atoms with Crippen molar-refractivity contribution in [3.8, 4) is 5.75 Å². The van der Waals surface area contributed by atoms with Crippen LogP contribution in [0.3, 0.4) is 0 Å². The van der Waals surface area contributed by atoms with Crippen molar-refractivity contribution >= 4 is 11.6 Å². The third-order valence-corrected chi connectivity index (χ3v) is 3.60. The lowest BCUT2D eigenvalue weighted by molar-refractivity contribution is 0.414. The van der Waals surface area contributed by atoms with Gasteiger partial charge in [0.25, 0.3) is 0 Å². The first kappa shape index (κ1) is 11.7. The maximum Gasteiger partial charge on any atom is 0.120 e. The van der Waals surface area contributed by atoms with Gasteiger partial charge in [0.15, 0.2) is 0 Å². The van der Waals surface area contributed by atoms with Crippen molar-refractivity contribution < 1.29 is 4.74 Å². The van der Waals surface area contributed by atoms with E-state index in [1.807, 2.05) is 12.1 Å². The molecule has 1 aromatic rings. The fourth-order valence-corrected chi connectivity index (χ4v) is 2.44. The minimum absolute atomic E-state index is 0.818. The van der Waals surface area contributed by atoms with Gasteiger partial charge in [-0.3, -0.25) is 0 Å². The van der Waals surface area contributed by atoms with E-state index in [1.165, 1.54) is 24.9 Å². The largest absolute Gasteiger partial charge is 0.497 e. The summed E-state index contributed by atoms with van der Waals surface area (Å²) in [5.74, 6) is 1.65. The number of hydrogen-bond acceptors (Lipinski definition) is 2. The summed E-state index contributed by atoms with van der Waals surface area (Å²) in [6.45, 7) is 2.33. The van der Waals surface area contributed by atoms with E-state index in [2.05, 4.69) is 11.4 Å². The summed E-state index contributed by atoms with van der Waals surface area (Å²) >= 11 is 6.20. The quantitative estimate of drug-likeness (QED) is 0.873. The van der Waals surface area contributed by atoms with Gasteiger partial charge in [0, 0.05) is 5.02 Å². The van der Waals surface area contributed by atoms with Crippen LogP contribution in [0, 0.1) is 5.92 Å². The zero-order valence-electron chi connectivity index (χ0n) is 9.63. The van der Waals surface area contributed by atoms with Crippen molar-refractivity contribution in [3.63, 3.8) is 0 Å². The van der Waals surface area contributed by atoms with E-state index in [-0.39, 0.29) is 0 Å². The van der Waals surface area contributed by atoms with Crippen LogP contribution in [0.5, 0.6) is 5.75 Å². The van der Waals surface area contributed by atoms with Crippen LogP contribution < -0.4 is 10.1 Å². The summed E-state index contributed by atoms with van der Waals surface area (Å²) in [5.41, 5.74) is 1.23. The second-order valence-corrected chi connectivity index (χ2v) is 4.76. The van der Waals surface area contributed by atoms with Crippen LogP contribution in [0.2, 0.25) is 5.02 Å². The smallest absolute Gasteiger partial charge is 0.120 e. The monoisotopic (exact) mass is 239 g/mol. The number of rotatable bonds is 4. The van der Waals surface area contributed by atoms with Crippen molar-refractivity contribution in [1.29, 1.82) is 0 Å². The molecule has 0 radical (unpaired) electrons. The molecule has 2 nitrogen and oxygen atoms in total. The highest BCUT2D eigenvalue weighted by molar-refractivity contribution is 6.31. The Balaban J connectivity index is 1.93.